The van der Waals surface area contributed by atoms with Crippen molar-refractivity contribution in [2.45, 2.75) is 58.7 Å². The largest absolute Gasteiger partial charge is 0.390 e. The summed E-state index contributed by atoms with van der Waals surface area (Å²) in [4.78, 5) is 25.7. The fourth-order valence-electron chi connectivity index (χ4n) is 4.37. The molecule has 39 heavy (non-hydrogen) atoms. The zero-order chi connectivity index (χ0) is 28.4. The molecule has 0 saturated carbocycles. The van der Waals surface area contributed by atoms with Gasteiger partial charge in [-0.2, -0.15) is 0 Å². The van der Waals surface area contributed by atoms with E-state index in [4.69, 9.17) is 0 Å². The van der Waals surface area contributed by atoms with Crippen LogP contribution in [0.1, 0.15) is 63.2 Å². The molecular formula is C31H37F2N3O3. The Labute approximate surface area is 228 Å². The number of halogens is 2. The van der Waals surface area contributed by atoms with Crippen LogP contribution in [0.2, 0.25) is 0 Å². The molecule has 0 heterocycles. The van der Waals surface area contributed by atoms with E-state index in [-0.39, 0.29) is 24.4 Å². The van der Waals surface area contributed by atoms with E-state index in [2.05, 4.69) is 28.9 Å². The van der Waals surface area contributed by atoms with E-state index < -0.39 is 29.7 Å². The Morgan fingerprint density at radius 3 is 2.21 bits per heavy atom. The number of amides is 2. The smallest absolute Gasteiger partial charge is 0.251 e. The molecule has 3 rings (SSSR count). The normalized spacial score (nSPS) is 12.6. The van der Waals surface area contributed by atoms with Crippen LogP contribution in [-0.4, -0.2) is 42.2 Å². The van der Waals surface area contributed by atoms with E-state index in [0.717, 1.165) is 30.0 Å². The summed E-state index contributed by atoms with van der Waals surface area (Å²) in [7, 11) is 0. The fraction of sp³-hybridized carbons (Fsp3) is 0.355. The van der Waals surface area contributed by atoms with Crippen molar-refractivity contribution in [2.75, 3.05) is 13.1 Å². The molecule has 0 aliphatic heterocycles. The summed E-state index contributed by atoms with van der Waals surface area (Å²) in [5.74, 6) is -2.25. The number of hydrogen-bond donors (Lipinski definition) is 4. The third kappa shape index (κ3) is 9.26. The van der Waals surface area contributed by atoms with Gasteiger partial charge in [-0.3, -0.25) is 9.59 Å². The minimum atomic E-state index is -1.06. The van der Waals surface area contributed by atoms with Gasteiger partial charge in [-0.05, 0) is 78.8 Å². The van der Waals surface area contributed by atoms with Gasteiger partial charge >= 0.3 is 0 Å². The van der Waals surface area contributed by atoms with Gasteiger partial charge in [0.2, 0.25) is 0 Å². The van der Waals surface area contributed by atoms with Crippen molar-refractivity contribution in [1.29, 1.82) is 0 Å². The first-order chi connectivity index (χ1) is 18.7. The first-order valence-electron chi connectivity index (χ1n) is 13.3. The Hall–Kier alpha value is -3.62. The molecule has 4 N–H and O–H groups in total. The average molecular weight is 538 g/mol. The van der Waals surface area contributed by atoms with Gasteiger partial charge in [0.05, 0.1) is 12.1 Å². The zero-order valence-corrected chi connectivity index (χ0v) is 22.7. The molecule has 0 aromatic heterocycles. The first kappa shape index (κ1) is 29.9. The molecule has 0 fully saturated rings. The standard InChI is InChI=1S/C31H37F2N3O3/c1-4-9-35-30(38)24-10-20(3)11-25(16-24)31(39)36-28(15-23-13-26(32)17-27(33)14-23)29(37)19-34-18-22-8-6-7-21(5-2)12-22/h6-8,10-14,16-17,28-29,34,37H,4-5,9,15,18-19H2,1-3H3,(H,35,38)(H,36,39)/t28-,29+/m0/s1. The van der Waals surface area contributed by atoms with Gasteiger partial charge in [0.1, 0.15) is 11.6 Å². The van der Waals surface area contributed by atoms with Crippen molar-refractivity contribution in [1.82, 2.24) is 16.0 Å². The Morgan fingerprint density at radius 1 is 0.872 bits per heavy atom. The van der Waals surface area contributed by atoms with Crippen LogP contribution in [0, 0.1) is 18.6 Å². The highest BCUT2D eigenvalue weighted by Gasteiger charge is 2.24. The number of carbonyl (C=O) groups excluding carboxylic acids is 2. The lowest BCUT2D eigenvalue weighted by Gasteiger charge is -2.25. The summed E-state index contributed by atoms with van der Waals surface area (Å²) in [6.45, 7) is 6.97. The van der Waals surface area contributed by atoms with Gasteiger partial charge < -0.3 is 21.1 Å². The van der Waals surface area contributed by atoms with Crippen molar-refractivity contribution in [3.63, 3.8) is 0 Å². The highest BCUT2D eigenvalue weighted by molar-refractivity contribution is 6.00. The number of aliphatic hydroxyl groups is 1. The molecule has 208 valence electrons. The molecule has 0 radical (unpaired) electrons. The fourth-order valence-corrected chi connectivity index (χ4v) is 4.37. The number of carbonyl (C=O) groups is 2. The summed E-state index contributed by atoms with van der Waals surface area (Å²) < 4.78 is 27.7. The summed E-state index contributed by atoms with van der Waals surface area (Å²) >= 11 is 0. The maximum atomic E-state index is 13.9. The van der Waals surface area contributed by atoms with Crippen molar-refractivity contribution < 1.29 is 23.5 Å². The van der Waals surface area contributed by atoms with Crippen LogP contribution in [0.5, 0.6) is 0 Å². The lowest BCUT2D eigenvalue weighted by atomic mass is 9.99. The topological polar surface area (TPSA) is 90.5 Å². The second kappa shape index (κ2) is 14.5. The monoisotopic (exact) mass is 537 g/mol. The Kier molecular flexibility index (Phi) is 11.1. The maximum Gasteiger partial charge on any atom is 0.251 e. The van der Waals surface area contributed by atoms with E-state index >= 15 is 0 Å². The van der Waals surface area contributed by atoms with Crippen molar-refractivity contribution in [2.24, 2.45) is 0 Å². The van der Waals surface area contributed by atoms with Crippen LogP contribution in [0.15, 0.2) is 60.7 Å². The molecule has 6 nitrogen and oxygen atoms in total. The van der Waals surface area contributed by atoms with Crippen LogP contribution in [-0.2, 0) is 19.4 Å². The number of benzene rings is 3. The van der Waals surface area contributed by atoms with Gasteiger partial charge in [0, 0.05) is 36.8 Å². The molecule has 0 spiro atoms. The number of aryl methyl sites for hydroxylation is 2. The molecule has 0 saturated heterocycles. The van der Waals surface area contributed by atoms with Crippen LogP contribution >= 0.6 is 0 Å². The van der Waals surface area contributed by atoms with Crippen LogP contribution in [0.3, 0.4) is 0 Å². The van der Waals surface area contributed by atoms with Gasteiger partial charge in [-0.1, -0.05) is 38.1 Å². The van der Waals surface area contributed by atoms with Crippen LogP contribution < -0.4 is 16.0 Å². The van der Waals surface area contributed by atoms with E-state index in [1.807, 2.05) is 25.1 Å². The third-order valence-corrected chi connectivity index (χ3v) is 6.38. The van der Waals surface area contributed by atoms with E-state index in [1.165, 1.54) is 23.8 Å². The predicted molar refractivity (Wildman–Crippen MR) is 149 cm³/mol. The summed E-state index contributed by atoms with van der Waals surface area (Å²) in [5, 5.41) is 19.9. The summed E-state index contributed by atoms with van der Waals surface area (Å²) in [6, 6.07) is 15.2. The molecule has 0 bridgehead atoms. The number of nitrogens with one attached hydrogen (secondary N) is 3. The molecular weight excluding hydrogens is 500 g/mol. The number of hydrogen-bond acceptors (Lipinski definition) is 4. The van der Waals surface area contributed by atoms with Crippen molar-refractivity contribution >= 4 is 11.8 Å². The van der Waals surface area contributed by atoms with Gasteiger partial charge in [-0.25, -0.2) is 8.78 Å². The Balaban J connectivity index is 1.77. The second-order valence-corrected chi connectivity index (χ2v) is 9.78. The van der Waals surface area contributed by atoms with Crippen molar-refractivity contribution in [3.8, 4) is 0 Å². The molecule has 3 aromatic carbocycles. The molecule has 3 aromatic rings. The molecule has 0 unspecified atom stereocenters. The molecule has 8 heteroatoms. The van der Waals surface area contributed by atoms with Crippen LogP contribution in [0.25, 0.3) is 0 Å². The lowest BCUT2D eigenvalue weighted by molar-refractivity contribution is 0.0829. The summed E-state index contributed by atoms with van der Waals surface area (Å²) in [6.07, 6.45) is 0.634. The van der Waals surface area contributed by atoms with E-state index in [0.29, 0.717) is 24.2 Å². The van der Waals surface area contributed by atoms with E-state index in [1.54, 1.807) is 19.1 Å². The van der Waals surface area contributed by atoms with E-state index in [9.17, 15) is 23.5 Å². The quantitative estimate of drug-likeness (QED) is 0.259. The molecule has 0 aliphatic carbocycles. The second-order valence-electron chi connectivity index (χ2n) is 9.78. The summed E-state index contributed by atoms with van der Waals surface area (Å²) in [5.41, 5.74) is 3.90. The van der Waals surface area contributed by atoms with Crippen LogP contribution in [0.4, 0.5) is 8.78 Å². The zero-order valence-electron chi connectivity index (χ0n) is 22.7. The minimum Gasteiger partial charge on any atom is -0.390 e. The maximum absolute atomic E-state index is 13.9. The lowest BCUT2D eigenvalue weighted by Crippen LogP contribution is -2.48. The minimum absolute atomic E-state index is 0.00421. The predicted octanol–water partition coefficient (Wildman–Crippen LogP) is 4.47. The molecule has 2 amide bonds. The number of rotatable bonds is 13. The number of aliphatic hydroxyl groups excluding tert-OH is 1. The average Bonchev–Trinajstić information content (AvgIpc) is 2.90. The first-order valence-corrected chi connectivity index (χ1v) is 13.3. The SMILES string of the molecule is CCCNC(=O)c1cc(C)cc(C(=O)N[C@@H](Cc2cc(F)cc(F)c2)[C@H](O)CNCc2cccc(CC)c2)c1. The Bertz CT molecular complexity index is 1260. The van der Waals surface area contributed by atoms with Gasteiger partial charge in [0.15, 0.2) is 0 Å². The highest BCUT2D eigenvalue weighted by Crippen LogP contribution is 2.15. The van der Waals surface area contributed by atoms with Crippen molar-refractivity contribution in [3.05, 3.63) is 106 Å². The van der Waals surface area contributed by atoms with Gasteiger partial charge in [0.25, 0.3) is 11.8 Å². The highest BCUT2D eigenvalue weighted by atomic mass is 19.1. The molecule has 2 atom stereocenters. The third-order valence-electron chi connectivity index (χ3n) is 6.38. The van der Waals surface area contributed by atoms with Gasteiger partial charge in [-0.15, -0.1) is 0 Å². The Morgan fingerprint density at radius 2 is 1.54 bits per heavy atom. The molecule has 0 aliphatic rings.